The summed E-state index contributed by atoms with van der Waals surface area (Å²) in [4.78, 5) is 26.0. The van der Waals surface area contributed by atoms with Crippen LogP contribution in [0, 0.1) is 10.1 Å². The topological polar surface area (TPSA) is 104 Å². The zero-order valence-corrected chi connectivity index (χ0v) is 15.7. The molecule has 0 unspecified atom stereocenters. The molecule has 156 valence electrons. The van der Waals surface area contributed by atoms with E-state index < -0.39 is 22.6 Å². The Morgan fingerprint density at radius 2 is 1.97 bits per heavy atom. The van der Waals surface area contributed by atoms with Gasteiger partial charge in [-0.3, -0.25) is 14.9 Å². The summed E-state index contributed by atoms with van der Waals surface area (Å²) in [5.74, 6) is -1.15. The number of carbonyl (C=O) groups is 1. The van der Waals surface area contributed by atoms with Crippen LogP contribution >= 0.6 is 11.6 Å². The van der Waals surface area contributed by atoms with Crippen LogP contribution in [0.3, 0.4) is 0 Å². The van der Waals surface area contributed by atoms with Crippen LogP contribution in [0.5, 0.6) is 11.8 Å². The maximum absolute atomic E-state index is 12.8. The van der Waals surface area contributed by atoms with Crippen molar-refractivity contribution in [3.05, 3.63) is 56.6 Å². The van der Waals surface area contributed by atoms with Gasteiger partial charge in [0.2, 0.25) is 11.8 Å². The Labute approximate surface area is 167 Å². The average molecular weight is 434 g/mol. The fraction of sp³-hybridized carbons (Fsp3) is 0.294. The Morgan fingerprint density at radius 1 is 1.28 bits per heavy atom. The number of aromatic nitrogens is 1. The maximum Gasteiger partial charge on any atom is 0.416 e. The summed E-state index contributed by atoms with van der Waals surface area (Å²) in [6.07, 6.45) is -4.35. The molecule has 0 saturated carbocycles. The second-order valence-electron chi connectivity index (χ2n) is 5.61. The zero-order valence-electron chi connectivity index (χ0n) is 15.0. The lowest BCUT2D eigenvalue weighted by molar-refractivity contribution is -0.384. The monoisotopic (exact) mass is 433 g/mol. The molecule has 0 spiro atoms. The number of ether oxygens (including phenoxy) is 2. The minimum Gasteiger partial charge on any atom is -0.481 e. The van der Waals surface area contributed by atoms with E-state index in [1.165, 1.54) is 19.2 Å². The zero-order chi connectivity index (χ0) is 21.6. The van der Waals surface area contributed by atoms with Crippen LogP contribution in [0.1, 0.15) is 22.3 Å². The van der Waals surface area contributed by atoms with Crippen molar-refractivity contribution in [3.8, 4) is 11.8 Å². The van der Waals surface area contributed by atoms with Gasteiger partial charge in [-0.15, -0.1) is 0 Å². The summed E-state index contributed by atoms with van der Waals surface area (Å²) < 4.78 is 48.5. The molecule has 12 heteroatoms. The number of non-ortho nitro benzene ring substituents is 1. The van der Waals surface area contributed by atoms with E-state index in [9.17, 15) is 28.1 Å². The first-order valence-corrected chi connectivity index (χ1v) is 8.48. The van der Waals surface area contributed by atoms with Gasteiger partial charge in [0.15, 0.2) is 0 Å². The van der Waals surface area contributed by atoms with Gasteiger partial charge in [0.1, 0.15) is 0 Å². The predicted molar refractivity (Wildman–Crippen MR) is 96.3 cm³/mol. The number of nitrogens with one attached hydrogen (secondary N) is 1. The molecule has 0 aliphatic heterocycles. The van der Waals surface area contributed by atoms with E-state index in [4.69, 9.17) is 21.1 Å². The molecular weight excluding hydrogens is 419 g/mol. The van der Waals surface area contributed by atoms with Crippen LogP contribution in [-0.4, -0.2) is 36.1 Å². The highest BCUT2D eigenvalue weighted by Crippen LogP contribution is 2.33. The first kappa shape index (κ1) is 22.2. The summed E-state index contributed by atoms with van der Waals surface area (Å²) in [7, 11) is 1.18. The first-order valence-electron chi connectivity index (χ1n) is 8.10. The molecule has 2 rings (SSSR count). The normalized spacial score (nSPS) is 11.1. The number of benzene rings is 1. The van der Waals surface area contributed by atoms with Crippen LogP contribution in [0.2, 0.25) is 5.02 Å². The van der Waals surface area contributed by atoms with Crippen molar-refractivity contribution in [3.63, 3.8) is 0 Å². The minimum atomic E-state index is -4.58. The molecule has 2 aromatic rings. The second kappa shape index (κ2) is 9.41. The van der Waals surface area contributed by atoms with E-state index in [-0.39, 0.29) is 47.6 Å². The van der Waals surface area contributed by atoms with Gasteiger partial charge in [-0.1, -0.05) is 11.6 Å². The third-order valence-corrected chi connectivity index (χ3v) is 3.91. The molecule has 1 amide bonds. The predicted octanol–water partition coefficient (Wildman–Crippen LogP) is 3.87. The molecule has 0 fully saturated rings. The minimum absolute atomic E-state index is 0.0413. The Bertz CT molecular complexity index is 908. The van der Waals surface area contributed by atoms with E-state index in [2.05, 4.69) is 10.3 Å². The van der Waals surface area contributed by atoms with Crippen molar-refractivity contribution in [2.24, 2.45) is 0 Å². The van der Waals surface area contributed by atoms with Crippen LogP contribution in [0.15, 0.2) is 30.3 Å². The summed E-state index contributed by atoms with van der Waals surface area (Å²) in [6.45, 7) is 0.0500. The molecule has 0 aliphatic rings. The number of methoxy groups -OCH3 is 1. The van der Waals surface area contributed by atoms with Crippen LogP contribution in [0.25, 0.3) is 0 Å². The number of halogens is 4. The fourth-order valence-electron chi connectivity index (χ4n) is 2.17. The average Bonchev–Trinajstić information content (AvgIpc) is 2.66. The van der Waals surface area contributed by atoms with Crippen molar-refractivity contribution < 1.29 is 32.4 Å². The highest BCUT2D eigenvalue weighted by Gasteiger charge is 2.32. The Hall–Kier alpha value is -3.08. The third-order valence-electron chi connectivity index (χ3n) is 3.58. The van der Waals surface area contributed by atoms with Gasteiger partial charge in [0, 0.05) is 30.8 Å². The summed E-state index contributed by atoms with van der Waals surface area (Å²) in [6, 6.07) is 4.94. The number of amides is 1. The number of nitrogens with zero attached hydrogens (tertiary/aromatic N) is 2. The molecular formula is C17H15ClF3N3O5. The van der Waals surface area contributed by atoms with Crippen molar-refractivity contribution in [2.45, 2.75) is 12.6 Å². The molecule has 0 aliphatic carbocycles. The number of hydrogen-bond donors (Lipinski definition) is 1. The Morgan fingerprint density at radius 3 is 2.59 bits per heavy atom. The van der Waals surface area contributed by atoms with E-state index in [0.717, 1.165) is 18.2 Å². The van der Waals surface area contributed by atoms with Crippen LogP contribution < -0.4 is 14.8 Å². The lowest BCUT2D eigenvalue weighted by Gasteiger charge is -2.12. The highest BCUT2D eigenvalue weighted by molar-refractivity contribution is 6.33. The molecule has 0 saturated heterocycles. The summed E-state index contributed by atoms with van der Waals surface area (Å²) in [5, 5.41) is 13.3. The van der Waals surface area contributed by atoms with Gasteiger partial charge in [0.05, 0.1) is 34.8 Å². The van der Waals surface area contributed by atoms with Crippen LogP contribution in [-0.2, 0) is 6.18 Å². The fourth-order valence-corrected chi connectivity index (χ4v) is 2.37. The molecule has 1 heterocycles. The van der Waals surface area contributed by atoms with Crippen LogP contribution in [0.4, 0.5) is 18.9 Å². The van der Waals surface area contributed by atoms with Crippen molar-refractivity contribution >= 4 is 23.2 Å². The van der Waals surface area contributed by atoms with Gasteiger partial charge in [-0.2, -0.15) is 18.2 Å². The molecule has 8 nitrogen and oxygen atoms in total. The standard InChI is InChI=1S/C17H15ClF3N3O5/c1-28-14-7-10(17(19,20)21)8-15(23-14)29-6-2-5-22-16(25)12-9-11(24(26)27)3-4-13(12)18/h3-4,7-9H,2,5-6H2,1H3,(H,22,25). The van der Waals surface area contributed by atoms with Crippen molar-refractivity contribution in [1.82, 2.24) is 10.3 Å². The van der Waals surface area contributed by atoms with Crippen molar-refractivity contribution in [1.29, 1.82) is 0 Å². The lowest BCUT2D eigenvalue weighted by Crippen LogP contribution is -2.26. The molecule has 1 aromatic carbocycles. The number of nitro benzene ring substituents is 1. The van der Waals surface area contributed by atoms with E-state index in [1.807, 2.05) is 0 Å². The maximum atomic E-state index is 12.8. The summed E-state index contributed by atoms with van der Waals surface area (Å²) >= 11 is 5.88. The molecule has 0 atom stereocenters. The number of pyridine rings is 1. The van der Waals surface area contributed by atoms with Gasteiger partial charge >= 0.3 is 6.18 Å². The van der Waals surface area contributed by atoms with Crippen molar-refractivity contribution in [2.75, 3.05) is 20.3 Å². The smallest absolute Gasteiger partial charge is 0.416 e. The Kier molecular flexibility index (Phi) is 7.21. The van der Waals surface area contributed by atoms with Gasteiger partial charge in [-0.05, 0) is 12.5 Å². The van der Waals surface area contributed by atoms with E-state index in [1.54, 1.807) is 0 Å². The summed E-state index contributed by atoms with van der Waals surface area (Å²) in [5.41, 5.74) is -1.31. The lowest BCUT2D eigenvalue weighted by atomic mass is 10.2. The van der Waals surface area contributed by atoms with E-state index in [0.29, 0.717) is 0 Å². The third kappa shape index (κ3) is 6.21. The number of hydrogen-bond acceptors (Lipinski definition) is 6. The SMILES string of the molecule is COc1cc(C(F)(F)F)cc(OCCCNC(=O)c2cc([N+](=O)[O-])ccc2Cl)n1. The molecule has 0 radical (unpaired) electrons. The highest BCUT2D eigenvalue weighted by atomic mass is 35.5. The Balaban J connectivity index is 1.90. The quantitative estimate of drug-likeness (QED) is 0.385. The largest absolute Gasteiger partial charge is 0.481 e. The molecule has 29 heavy (non-hydrogen) atoms. The number of carbonyl (C=O) groups excluding carboxylic acids is 1. The molecule has 0 bridgehead atoms. The number of rotatable bonds is 8. The van der Waals surface area contributed by atoms with Gasteiger partial charge < -0.3 is 14.8 Å². The number of nitro groups is 1. The van der Waals surface area contributed by atoms with Gasteiger partial charge in [-0.25, -0.2) is 0 Å². The molecule has 1 aromatic heterocycles. The first-order chi connectivity index (χ1) is 13.6. The second-order valence-corrected chi connectivity index (χ2v) is 6.02. The van der Waals surface area contributed by atoms with Gasteiger partial charge in [0.25, 0.3) is 11.6 Å². The molecule has 1 N–H and O–H groups in total. The number of alkyl halides is 3. The van der Waals surface area contributed by atoms with E-state index >= 15 is 0 Å².